The Balaban J connectivity index is 1.40. The number of hydrogen-bond acceptors (Lipinski definition) is 6. The van der Waals surface area contributed by atoms with E-state index in [-0.39, 0.29) is 40.7 Å². The van der Waals surface area contributed by atoms with Crippen LogP contribution in [0.15, 0.2) is 24.5 Å². The van der Waals surface area contributed by atoms with Gasteiger partial charge in [-0.25, -0.2) is 4.79 Å². The Bertz CT molecular complexity index is 1280. The first-order chi connectivity index (χ1) is 19.3. The molecule has 10 atom stereocenters. The van der Waals surface area contributed by atoms with Gasteiger partial charge in [0.05, 0.1) is 23.4 Å². The number of aliphatic carboxylic acids is 1. The van der Waals surface area contributed by atoms with Crippen molar-refractivity contribution in [1.29, 1.82) is 0 Å². The van der Waals surface area contributed by atoms with Crippen molar-refractivity contribution < 1.29 is 24.5 Å². The highest BCUT2D eigenvalue weighted by atomic mass is 16.6. The third-order valence-corrected chi connectivity index (χ3v) is 14.0. The molecule has 0 unspecified atom stereocenters. The number of rotatable bonds is 5. The zero-order chi connectivity index (χ0) is 29.6. The van der Waals surface area contributed by atoms with Crippen LogP contribution in [0.3, 0.4) is 0 Å². The molecule has 7 heteroatoms. The molecule has 1 aromatic rings. The molecule has 0 amide bonds. The maximum absolute atomic E-state index is 13.7. The number of carboxylic acid groups (broad SMARTS) is 1. The third-order valence-electron chi connectivity index (χ3n) is 14.0. The standard InChI is InChI=1S/C34H48N2O5/c1-20(2)21-9-12-34(29(40)41-18-26(38)39)14-13-32(5)22(27(21)34)7-8-25-30(3)17-23-28(36-16-15-35-23)31(4,19-37)24(30)10-11-33(25,32)6/h15-16,21-22,24-25,27,37H,1,7-14,17-19H2,2-6H3,(H,38,39)/t21-,22+,24+,25+,27+,30-,31-,32+,33+,34-/m0/s1. The fourth-order valence-corrected chi connectivity index (χ4v) is 12.1. The van der Waals surface area contributed by atoms with Gasteiger partial charge in [0, 0.05) is 17.8 Å². The summed E-state index contributed by atoms with van der Waals surface area (Å²) in [6.07, 6.45) is 12.1. The van der Waals surface area contributed by atoms with E-state index in [1.807, 2.05) is 0 Å². The number of aromatic nitrogens is 2. The smallest absolute Gasteiger partial charge is 0.341 e. The first-order valence-corrected chi connectivity index (χ1v) is 15.7. The average molecular weight is 565 g/mol. The summed E-state index contributed by atoms with van der Waals surface area (Å²) in [5.41, 5.74) is 2.20. The first kappa shape index (κ1) is 28.8. The molecule has 5 aliphatic rings. The summed E-state index contributed by atoms with van der Waals surface area (Å²) >= 11 is 0. The van der Waals surface area contributed by atoms with Crippen LogP contribution in [0.1, 0.15) is 97.4 Å². The molecule has 224 valence electrons. The third kappa shape index (κ3) is 3.66. The van der Waals surface area contributed by atoms with Crippen molar-refractivity contribution in [3.05, 3.63) is 35.9 Å². The molecular formula is C34H48N2O5. The Labute approximate surface area is 244 Å². The zero-order valence-corrected chi connectivity index (χ0v) is 25.5. The molecular weight excluding hydrogens is 516 g/mol. The average Bonchev–Trinajstić information content (AvgIpc) is 3.33. The molecule has 7 nitrogen and oxygen atoms in total. The minimum Gasteiger partial charge on any atom is -0.479 e. The Kier molecular flexibility index (Phi) is 6.58. The van der Waals surface area contributed by atoms with Crippen LogP contribution in [0, 0.1) is 51.2 Å². The first-order valence-electron chi connectivity index (χ1n) is 15.7. The zero-order valence-electron chi connectivity index (χ0n) is 25.5. The van der Waals surface area contributed by atoms with Crippen LogP contribution in [0.25, 0.3) is 0 Å². The van der Waals surface area contributed by atoms with Crippen LogP contribution in [-0.2, 0) is 26.2 Å². The van der Waals surface area contributed by atoms with Crippen molar-refractivity contribution in [3.8, 4) is 0 Å². The number of carbonyl (C=O) groups excluding carboxylic acids is 1. The van der Waals surface area contributed by atoms with Crippen LogP contribution in [0.5, 0.6) is 0 Å². The monoisotopic (exact) mass is 564 g/mol. The molecule has 4 saturated carbocycles. The maximum Gasteiger partial charge on any atom is 0.341 e. The number of aliphatic hydroxyl groups excluding tert-OH is 1. The molecule has 0 bridgehead atoms. The largest absolute Gasteiger partial charge is 0.479 e. The van der Waals surface area contributed by atoms with Gasteiger partial charge in [-0.3, -0.25) is 14.8 Å². The van der Waals surface area contributed by atoms with Crippen molar-refractivity contribution >= 4 is 11.9 Å². The molecule has 0 saturated heterocycles. The van der Waals surface area contributed by atoms with Gasteiger partial charge in [-0.15, -0.1) is 0 Å². The van der Waals surface area contributed by atoms with E-state index in [0.29, 0.717) is 17.8 Å². The lowest BCUT2D eigenvalue weighted by Crippen LogP contribution is -2.67. The van der Waals surface area contributed by atoms with Crippen molar-refractivity contribution in [1.82, 2.24) is 9.97 Å². The van der Waals surface area contributed by atoms with Crippen molar-refractivity contribution in [2.45, 2.75) is 97.8 Å². The van der Waals surface area contributed by atoms with Crippen molar-refractivity contribution in [2.75, 3.05) is 13.2 Å². The Morgan fingerprint density at radius 2 is 1.71 bits per heavy atom. The van der Waals surface area contributed by atoms with Gasteiger partial charge in [-0.05, 0) is 111 Å². The Morgan fingerprint density at radius 1 is 0.976 bits per heavy atom. The number of carboxylic acids is 1. The molecule has 0 aromatic carbocycles. The number of nitrogens with zero attached hydrogens (tertiary/aromatic N) is 2. The van der Waals surface area contributed by atoms with Gasteiger partial charge in [0.1, 0.15) is 0 Å². The van der Waals surface area contributed by atoms with Crippen LogP contribution in [-0.4, -0.2) is 45.3 Å². The minimum atomic E-state index is -1.10. The second kappa shape index (κ2) is 9.36. The fraction of sp³-hybridized carbons (Fsp3) is 0.765. The Morgan fingerprint density at radius 3 is 2.39 bits per heavy atom. The SMILES string of the molecule is C=C(C)[C@@H]1CC[C@]2(C(=O)OCC(=O)O)CC[C@]3(C)[C@H](CC[C@@H]4[C@@]5(C)Cc6nccnc6[C@@](C)(CO)[C@@H]5CC[C@]43C)[C@@H]12. The van der Waals surface area contributed by atoms with E-state index >= 15 is 0 Å². The van der Waals surface area contributed by atoms with Crippen LogP contribution < -0.4 is 0 Å². The van der Waals surface area contributed by atoms with Gasteiger partial charge in [0.15, 0.2) is 6.61 Å². The van der Waals surface area contributed by atoms with E-state index in [1.54, 1.807) is 12.4 Å². The lowest BCUT2D eigenvalue weighted by molar-refractivity contribution is -0.231. The molecule has 0 spiro atoms. The van der Waals surface area contributed by atoms with E-state index in [1.165, 1.54) is 0 Å². The molecule has 0 radical (unpaired) electrons. The number of ether oxygens (including phenoxy) is 1. The normalized spacial score (nSPS) is 46.2. The lowest BCUT2D eigenvalue weighted by atomic mass is 9.32. The highest BCUT2D eigenvalue weighted by Gasteiger charge is 2.72. The van der Waals surface area contributed by atoms with E-state index < -0.39 is 23.4 Å². The summed E-state index contributed by atoms with van der Waals surface area (Å²) < 4.78 is 5.47. The lowest BCUT2D eigenvalue weighted by Gasteiger charge is -2.72. The number of carbonyl (C=O) groups is 2. The van der Waals surface area contributed by atoms with Crippen LogP contribution in [0.4, 0.5) is 0 Å². The minimum absolute atomic E-state index is 0.0140. The fourth-order valence-electron chi connectivity index (χ4n) is 12.1. The van der Waals surface area contributed by atoms with Gasteiger partial charge in [0.2, 0.25) is 0 Å². The molecule has 2 N–H and O–H groups in total. The predicted octanol–water partition coefficient (Wildman–Crippen LogP) is 5.75. The molecule has 5 aliphatic carbocycles. The Hall–Kier alpha value is -2.28. The quantitative estimate of drug-likeness (QED) is 0.346. The van der Waals surface area contributed by atoms with E-state index in [0.717, 1.165) is 74.7 Å². The highest BCUT2D eigenvalue weighted by Crippen LogP contribution is 2.77. The summed E-state index contributed by atoms with van der Waals surface area (Å²) in [4.78, 5) is 34.6. The molecule has 6 rings (SSSR count). The highest BCUT2D eigenvalue weighted by molar-refractivity contribution is 5.81. The summed E-state index contributed by atoms with van der Waals surface area (Å²) in [6, 6.07) is 0. The molecule has 4 fully saturated rings. The molecule has 41 heavy (non-hydrogen) atoms. The topological polar surface area (TPSA) is 110 Å². The predicted molar refractivity (Wildman–Crippen MR) is 155 cm³/mol. The number of esters is 1. The van der Waals surface area contributed by atoms with Gasteiger partial charge in [-0.2, -0.15) is 0 Å². The van der Waals surface area contributed by atoms with Crippen molar-refractivity contribution in [3.63, 3.8) is 0 Å². The number of hydrogen-bond donors (Lipinski definition) is 2. The van der Waals surface area contributed by atoms with Crippen molar-refractivity contribution in [2.24, 2.45) is 51.2 Å². The van der Waals surface area contributed by atoms with E-state index in [4.69, 9.17) is 14.7 Å². The number of fused-ring (bicyclic) bond motifs is 8. The maximum atomic E-state index is 13.7. The summed E-state index contributed by atoms with van der Waals surface area (Å²) in [7, 11) is 0. The molecule has 1 aromatic heterocycles. The summed E-state index contributed by atoms with van der Waals surface area (Å²) in [5, 5.41) is 20.1. The van der Waals surface area contributed by atoms with E-state index in [9.17, 15) is 19.8 Å². The van der Waals surface area contributed by atoms with Gasteiger partial charge >= 0.3 is 11.9 Å². The number of aliphatic hydroxyl groups is 1. The second-order valence-corrected chi connectivity index (χ2v) is 15.4. The van der Waals surface area contributed by atoms with Gasteiger partial charge in [-0.1, -0.05) is 39.8 Å². The molecule has 1 heterocycles. The number of allylic oxidation sites excluding steroid dienone is 1. The van der Waals surface area contributed by atoms with Gasteiger partial charge < -0.3 is 14.9 Å². The van der Waals surface area contributed by atoms with Crippen LogP contribution in [0.2, 0.25) is 0 Å². The summed E-state index contributed by atoms with van der Waals surface area (Å²) in [6.45, 7) is 15.7. The van der Waals surface area contributed by atoms with E-state index in [2.05, 4.69) is 41.2 Å². The van der Waals surface area contributed by atoms with Gasteiger partial charge in [0.25, 0.3) is 0 Å². The summed E-state index contributed by atoms with van der Waals surface area (Å²) in [5.74, 6) is 0.104. The molecule has 0 aliphatic heterocycles. The van der Waals surface area contributed by atoms with Crippen LogP contribution >= 0.6 is 0 Å². The second-order valence-electron chi connectivity index (χ2n) is 15.4.